The average molecular weight is 390 g/mol. The molecule has 148 valence electrons. The van der Waals surface area contributed by atoms with E-state index in [1.165, 1.54) is 12.8 Å². The molecule has 0 radical (unpaired) electrons. The maximum atomic E-state index is 12.5. The molecule has 3 aromatic rings. The van der Waals surface area contributed by atoms with Crippen molar-refractivity contribution in [3.8, 4) is 11.6 Å². The van der Waals surface area contributed by atoms with Crippen LogP contribution in [0.25, 0.3) is 5.82 Å². The van der Waals surface area contributed by atoms with Crippen LogP contribution in [0.3, 0.4) is 0 Å². The minimum absolute atomic E-state index is 0.0710. The predicted octanol–water partition coefficient (Wildman–Crippen LogP) is 2.75. The Morgan fingerprint density at radius 1 is 1.03 bits per heavy atom. The quantitative estimate of drug-likeness (QED) is 0.714. The Morgan fingerprint density at radius 3 is 2.41 bits per heavy atom. The third-order valence-electron chi connectivity index (χ3n) is 5.68. The predicted molar refractivity (Wildman–Crippen MR) is 109 cm³/mol. The number of fused-ring (bicyclic) bond motifs is 1. The summed E-state index contributed by atoms with van der Waals surface area (Å²) in [5.74, 6) is 2.09. The lowest BCUT2D eigenvalue weighted by molar-refractivity contribution is -0.116. The van der Waals surface area contributed by atoms with Gasteiger partial charge in [0.1, 0.15) is 11.6 Å². The molecule has 0 saturated carbocycles. The number of aryl methyl sites for hydroxylation is 1. The topological polar surface area (TPSA) is 96.2 Å². The number of aromatic nitrogens is 4. The first-order valence-electron chi connectivity index (χ1n) is 9.87. The minimum Gasteiger partial charge on any atom is -0.508 e. The Bertz CT molecular complexity index is 1050. The summed E-state index contributed by atoms with van der Waals surface area (Å²) in [7, 11) is 0. The summed E-state index contributed by atoms with van der Waals surface area (Å²) in [6.07, 6.45) is 2.70. The average Bonchev–Trinajstić information content (AvgIpc) is 3.37. The Hall–Kier alpha value is -3.42. The van der Waals surface area contributed by atoms with Gasteiger partial charge in [-0.1, -0.05) is 12.1 Å². The second-order valence-electron chi connectivity index (χ2n) is 7.60. The van der Waals surface area contributed by atoms with Gasteiger partial charge in [-0.05, 0) is 49.6 Å². The lowest BCUT2D eigenvalue weighted by Gasteiger charge is -2.24. The monoisotopic (exact) mass is 390 g/mol. The summed E-state index contributed by atoms with van der Waals surface area (Å²) in [4.78, 5) is 14.7. The number of rotatable bonds is 3. The van der Waals surface area contributed by atoms with Crippen molar-refractivity contribution in [2.75, 3.05) is 23.3 Å². The number of phenols is 1. The molecule has 5 rings (SSSR count). The van der Waals surface area contributed by atoms with E-state index in [9.17, 15) is 9.90 Å². The Balaban J connectivity index is 1.54. The van der Waals surface area contributed by atoms with Gasteiger partial charge in [0.15, 0.2) is 11.6 Å². The number of carbonyl (C=O) groups is 1. The van der Waals surface area contributed by atoms with E-state index in [4.69, 9.17) is 0 Å². The van der Waals surface area contributed by atoms with Crippen LogP contribution >= 0.6 is 0 Å². The van der Waals surface area contributed by atoms with E-state index in [0.29, 0.717) is 18.1 Å². The molecule has 0 bridgehead atoms. The van der Waals surface area contributed by atoms with Crippen LogP contribution < -0.4 is 10.2 Å². The summed E-state index contributed by atoms with van der Waals surface area (Å²) in [5, 5.41) is 26.0. The second kappa shape index (κ2) is 6.88. The van der Waals surface area contributed by atoms with Crippen LogP contribution in [0.1, 0.15) is 42.0 Å². The highest BCUT2D eigenvalue weighted by Crippen LogP contribution is 2.40. The molecule has 1 unspecified atom stereocenters. The number of hydrogen-bond donors (Lipinski definition) is 2. The van der Waals surface area contributed by atoms with Gasteiger partial charge in [0.25, 0.3) is 0 Å². The van der Waals surface area contributed by atoms with Crippen LogP contribution in [0.4, 0.5) is 11.6 Å². The minimum atomic E-state index is -0.120. The molecule has 0 aliphatic carbocycles. The van der Waals surface area contributed by atoms with Crippen molar-refractivity contribution in [2.45, 2.75) is 32.1 Å². The van der Waals surface area contributed by atoms with Crippen molar-refractivity contribution in [2.24, 2.45) is 0 Å². The fourth-order valence-electron chi connectivity index (χ4n) is 4.25. The SMILES string of the molecule is Cc1nn(-c2ccc(N3CCCC3)nn2)c2c1C(c1ccc(O)cc1)CC(=O)N2. The number of nitrogens with one attached hydrogen (secondary N) is 1. The Kier molecular flexibility index (Phi) is 4.19. The van der Waals surface area contributed by atoms with Gasteiger partial charge in [-0.3, -0.25) is 4.79 Å². The largest absolute Gasteiger partial charge is 0.508 e. The lowest BCUT2D eigenvalue weighted by Crippen LogP contribution is -2.25. The normalized spacial score (nSPS) is 18.6. The maximum absolute atomic E-state index is 12.5. The van der Waals surface area contributed by atoms with Crippen molar-refractivity contribution in [1.29, 1.82) is 0 Å². The zero-order chi connectivity index (χ0) is 20.0. The van der Waals surface area contributed by atoms with E-state index in [1.807, 2.05) is 31.2 Å². The molecule has 2 aliphatic heterocycles. The van der Waals surface area contributed by atoms with E-state index >= 15 is 0 Å². The van der Waals surface area contributed by atoms with Gasteiger partial charge in [0.2, 0.25) is 5.91 Å². The van der Waals surface area contributed by atoms with E-state index in [1.54, 1.807) is 16.8 Å². The number of amides is 1. The van der Waals surface area contributed by atoms with Gasteiger partial charge in [-0.15, -0.1) is 10.2 Å². The number of nitrogens with zero attached hydrogens (tertiary/aromatic N) is 5. The molecule has 2 aliphatic rings. The number of aromatic hydroxyl groups is 1. The van der Waals surface area contributed by atoms with Gasteiger partial charge in [0, 0.05) is 31.0 Å². The molecule has 4 heterocycles. The van der Waals surface area contributed by atoms with Crippen LogP contribution in [0, 0.1) is 6.92 Å². The molecule has 1 amide bonds. The van der Waals surface area contributed by atoms with Gasteiger partial charge >= 0.3 is 0 Å². The molecule has 8 nitrogen and oxygen atoms in total. The molecular formula is C21H22N6O2. The molecule has 0 spiro atoms. The first-order chi connectivity index (χ1) is 14.1. The molecule has 29 heavy (non-hydrogen) atoms. The molecule has 1 saturated heterocycles. The molecule has 2 aromatic heterocycles. The van der Waals surface area contributed by atoms with Crippen LogP contribution in [0.2, 0.25) is 0 Å². The third kappa shape index (κ3) is 3.10. The first kappa shape index (κ1) is 17.7. The highest BCUT2D eigenvalue weighted by Gasteiger charge is 2.33. The second-order valence-corrected chi connectivity index (χ2v) is 7.60. The zero-order valence-electron chi connectivity index (χ0n) is 16.2. The molecular weight excluding hydrogens is 368 g/mol. The molecule has 2 N–H and O–H groups in total. The summed E-state index contributed by atoms with van der Waals surface area (Å²) in [6, 6.07) is 10.8. The number of benzene rings is 1. The fourth-order valence-corrected chi connectivity index (χ4v) is 4.25. The standard InChI is InChI=1S/C21H22N6O2/c1-13-20-16(14-4-6-15(28)7-5-14)12-19(29)22-21(20)27(25-13)18-9-8-17(23-24-18)26-10-2-3-11-26/h4-9,16,28H,2-3,10-12H2,1H3,(H,22,29). The summed E-state index contributed by atoms with van der Waals surface area (Å²) in [6.45, 7) is 3.95. The van der Waals surface area contributed by atoms with E-state index in [-0.39, 0.29) is 17.6 Å². The fraction of sp³-hybridized carbons (Fsp3) is 0.333. The Morgan fingerprint density at radius 2 is 1.72 bits per heavy atom. The van der Waals surface area contributed by atoms with Crippen molar-refractivity contribution in [1.82, 2.24) is 20.0 Å². The smallest absolute Gasteiger partial charge is 0.226 e. The molecule has 8 heteroatoms. The van der Waals surface area contributed by atoms with Crippen LogP contribution in [-0.2, 0) is 4.79 Å². The summed E-state index contributed by atoms with van der Waals surface area (Å²) in [5.41, 5.74) is 2.78. The number of hydrogen-bond acceptors (Lipinski definition) is 6. The van der Waals surface area contributed by atoms with E-state index < -0.39 is 0 Å². The number of phenolic OH excluding ortho intramolecular Hbond substituents is 1. The van der Waals surface area contributed by atoms with Crippen molar-refractivity contribution in [3.63, 3.8) is 0 Å². The maximum Gasteiger partial charge on any atom is 0.226 e. The molecule has 1 fully saturated rings. The van der Waals surface area contributed by atoms with Crippen LogP contribution in [-0.4, -0.2) is 44.1 Å². The van der Waals surface area contributed by atoms with Gasteiger partial charge in [-0.25, -0.2) is 0 Å². The van der Waals surface area contributed by atoms with E-state index in [0.717, 1.165) is 35.7 Å². The van der Waals surface area contributed by atoms with Crippen molar-refractivity contribution >= 4 is 17.5 Å². The van der Waals surface area contributed by atoms with Crippen LogP contribution in [0.5, 0.6) is 5.75 Å². The number of carbonyl (C=O) groups excluding carboxylic acids is 1. The highest BCUT2D eigenvalue weighted by molar-refractivity contribution is 5.95. The number of anilines is 2. The Labute approximate surface area is 168 Å². The van der Waals surface area contributed by atoms with E-state index in [2.05, 4.69) is 25.5 Å². The van der Waals surface area contributed by atoms with Crippen LogP contribution in [0.15, 0.2) is 36.4 Å². The molecule has 1 aromatic carbocycles. The zero-order valence-corrected chi connectivity index (χ0v) is 16.2. The van der Waals surface area contributed by atoms with Gasteiger partial charge < -0.3 is 15.3 Å². The van der Waals surface area contributed by atoms with Gasteiger partial charge in [0.05, 0.1) is 5.69 Å². The van der Waals surface area contributed by atoms with Gasteiger partial charge in [-0.2, -0.15) is 9.78 Å². The summed E-state index contributed by atoms with van der Waals surface area (Å²) < 4.78 is 1.66. The van der Waals surface area contributed by atoms with Crippen molar-refractivity contribution < 1.29 is 9.90 Å². The first-order valence-corrected chi connectivity index (χ1v) is 9.87. The molecule has 1 atom stereocenters. The lowest BCUT2D eigenvalue weighted by atomic mass is 9.86. The highest BCUT2D eigenvalue weighted by atomic mass is 16.3. The summed E-state index contributed by atoms with van der Waals surface area (Å²) >= 11 is 0. The van der Waals surface area contributed by atoms with Crippen molar-refractivity contribution in [3.05, 3.63) is 53.2 Å². The third-order valence-corrected chi connectivity index (χ3v) is 5.68.